The van der Waals surface area contributed by atoms with Crippen LogP contribution in [0.1, 0.15) is 0 Å². The summed E-state index contributed by atoms with van der Waals surface area (Å²) in [5.41, 5.74) is 9.13. The monoisotopic (exact) mass is 384 g/mol. The fraction of sp³-hybridized carbons (Fsp3) is 0.200. The highest BCUT2D eigenvalue weighted by Gasteiger charge is 2.48. The standard InChI is InChI=1S/C15H28O4Si4/c1-10-21(16,11-2)18-23(14-5,15-6)19-22(12-3,13-4)17-20(7,8)9/h10-16H,1-6H2,7-9H3. The first-order valence-corrected chi connectivity index (χ1v) is 16.5. The van der Waals surface area contributed by atoms with E-state index in [2.05, 4.69) is 59.1 Å². The molecule has 8 heteroatoms. The Kier molecular flexibility index (Phi) is 8.00. The van der Waals surface area contributed by atoms with Gasteiger partial charge in [-0.25, -0.2) is 0 Å². The van der Waals surface area contributed by atoms with Gasteiger partial charge < -0.3 is 17.1 Å². The Bertz CT molecular complexity index is 472. The SMILES string of the molecule is C=C[Si](O)(C=C)O[Si](C=C)(C=C)O[Si](C=C)(C=C)O[Si](C)(C)C. The second-order valence-electron chi connectivity index (χ2n) is 5.84. The molecule has 0 aliphatic heterocycles. The summed E-state index contributed by atoms with van der Waals surface area (Å²) in [4.78, 5) is 10.5. The predicted molar refractivity (Wildman–Crippen MR) is 107 cm³/mol. The van der Waals surface area contributed by atoms with Crippen molar-refractivity contribution in [2.75, 3.05) is 0 Å². The summed E-state index contributed by atoms with van der Waals surface area (Å²) in [6.07, 6.45) is 0. The maximum Gasteiger partial charge on any atom is 0.379 e. The molecule has 0 amide bonds. The van der Waals surface area contributed by atoms with E-state index in [1.165, 1.54) is 11.4 Å². The summed E-state index contributed by atoms with van der Waals surface area (Å²) in [5, 5.41) is 0. The Morgan fingerprint density at radius 2 is 0.957 bits per heavy atom. The average Bonchev–Trinajstić information content (AvgIpc) is 2.52. The van der Waals surface area contributed by atoms with Crippen LogP contribution in [0.25, 0.3) is 0 Å². The fourth-order valence-corrected chi connectivity index (χ4v) is 14.5. The van der Waals surface area contributed by atoms with Gasteiger partial charge in [0.15, 0.2) is 8.32 Å². The van der Waals surface area contributed by atoms with Crippen LogP contribution < -0.4 is 0 Å². The van der Waals surface area contributed by atoms with Crippen LogP contribution in [0.15, 0.2) is 73.7 Å². The van der Waals surface area contributed by atoms with Crippen LogP contribution in [-0.4, -0.2) is 38.8 Å². The Labute approximate surface area is 144 Å². The number of hydrogen-bond acceptors (Lipinski definition) is 4. The van der Waals surface area contributed by atoms with E-state index in [0.717, 1.165) is 0 Å². The van der Waals surface area contributed by atoms with E-state index in [9.17, 15) is 4.80 Å². The molecule has 0 unspecified atom stereocenters. The molecule has 0 aliphatic rings. The van der Waals surface area contributed by atoms with E-state index in [1.807, 2.05) is 0 Å². The van der Waals surface area contributed by atoms with Crippen molar-refractivity contribution in [2.24, 2.45) is 0 Å². The molecule has 0 radical (unpaired) electrons. The first-order valence-electron chi connectivity index (χ1n) is 7.13. The molecule has 0 aromatic carbocycles. The number of hydrogen-bond donors (Lipinski definition) is 1. The highest BCUT2D eigenvalue weighted by Crippen LogP contribution is 2.26. The third-order valence-corrected chi connectivity index (χ3v) is 15.1. The van der Waals surface area contributed by atoms with Crippen LogP contribution in [0.3, 0.4) is 0 Å². The molecule has 0 saturated heterocycles. The Balaban J connectivity index is 5.85. The van der Waals surface area contributed by atoms with Gasteiger partial charge in [-0.15, -0.1) is 39.5 Å². The summed E-state index contributed by atoms with van der Waals surface area (Å²) in [6, 6.07) is 0. The van der Waals surface area contributed by atoms with E-state index in [4.69, 9.17) is 12.3 Å². The van der Waals surface area contributed by atoms with E-state index >= 15 is 0 Å². The van der Waals surface area contributed by atoms with E-state index in [1.54, 1.807) is 22.8 Å². The van der Waals surface area contributed by atoms with E-state index < -0.39 is 34.0 Å². The molecule has 0 aliphatic carbocycles. The minimum absolute atomic E-state index is 1.36. The number of rotatable bonds is 12. The third-order valence-electron chi connectivity index (χ3n) is 2.83. The molecule has 0 saturated carbocycles. The van der Waals surface area contributed by atoms with Crippen LogP contribution in [0.4, 0.5) is 0 Å². The van der Waals surface area contributed by atoms with Gasteiger partial charge in [-0.1, -0.05) is 0 Å². The molecular formula is C15H28O4Si4. The first-order chi connectivity index (χ1) is 10.5. The van der Waals surface area contributed by atoms with Crippen molar-refractivity contribution < 1.29 is 17.1 Å². The smallest absolute Gasteiger partial charge is 0.379 e. The first kappa shape index (κ1) is 22.1. The van der Waals surface area contributed by atoms with Gasteiger partial charge >= 0.3 is 25.7 Å². The zero-order valence-electron chi connectivity index (χ0n) is 14.4. The van der Waals surface area contributed by atoms with E-state index in [0.29, 0.717) is 0 Å². The predicted octanol–water partition coefficient (Wildman–Crippen LogP) is 3.54. The summed E-state index contributed by atoms with van der Waals surface area (Å²) in [6.45, 7) is 28.7. The Hall–Kier alpha value is -0.852. The van der Waals surface area contributed by atoms with Crippen molar-refractivity contribution in [1.82, 2.24) is 0 Å². The third kappa shape index (κ3) is 6.28. The molecule has 0 atom stereocenters. The van der Waals surface area contributed by atoms with Gasteiger partial charge in [0.1, 0.15) is 0 Å². The highest BCUT2D eigenvalue weighted by molar-refractivity contribution is 6.97. The lowest BCUT2D eigenvalue weighted by molar-refractivity contribution is 0.319. The summed E-state index contributed by atoms with van der Waals surface area (Å²) in [5.74, 6) is 0. The van der Waals surface area contributed by atoms with Gasteiger partial charge in [0.05, 0.1) is 0 Å². The van der Waals surface area contributed by atoms with E-state index in [-0.39, 0.29) is 0 Å². The summed E-state index contributed by atoms with van der Waals surface area (Å²) in [7, 11) is -11.4. The maximum atomic E-state index is 10.5. The van der Waals surface area contributed by atoms with Gasteiger partial charge in [-0.3, -0.25) is 0 Å². The van der Waals surface area contributed by atoms with Crippen molar-refractivity contribution in [3.8, 4) is 0 Å². The topological polar surface area (TPSA) is 47.9 Å². The minimum atomic E-state index is -3.33. The normalized spacial score (nSPS) is 13.0. The molecule has 0 aromatic heterocycles. The molecule has 0 rings (SSSR count). The molecule has 0 bridgehead atoms. The van der Waals surface area contributed by atoms with Crippen molar-refractivity contribution in [3.63, 3.8) is 0 Å². The molecule has 4 nitrogen and oxygen atoms in total. The Morgan fingerprint density at radius 3 is 1.22 bits per heavy atom. The molecule has 0 aromatic rings. The minimum Gasteiger partial charge on any atom is -0.431 e. The lowest BCUT2D eigenvalue weighted by Gasteiger charge is -2.39. The molecule has 1 N–H and O–H groups in total. The highest BCUT2D eigenvalue weighted by atomic mass is 28.5. The maximum absolute atomic E-state index is 10.5. The molecule has 0 spiro atoms. The summed E-state index contributed by atoms with van der Waals surface area (Å²) >= 11 is 0. The van der Waals surface area contributed by atoms with Gasteiger partial charge in [-0.2, -0.15) is 0 Å². The quantitative estimate of drug-likeness (QED) is 0.523. The molecule has 23 heavy (non-hydrogen) atoms. The zero-order valence-corrected chi connectivity index (χ0v) is 18.4. The van der Waals surface area contributed by atoms with Gasteiger partial charge in [0.25, 0.3) is 0 Å². The lowest BCUT2D eigenvalue weighted by atomic mass is 11.2. The van der Waals surface area contributed by atoms with Crippen molar-refractivity contribution in [1.29, 1.82) is 0 Å². The summed E-state index contributed by atoms with van der Waals surface area (Å²) < 4.78 is 18.4. The second kappa shape index (κ2) is 8.31. The van der Waals surface area contributed by atoms with Crippen LogP contribution in [0, 0.1) is 0 Å². The van der Waals surface area contributed by atoms with Crippen molar-refractivity contribution in [3.05, 3.63) is 73.7 Å². The zero-order chi connectivity index (χ0) is 18.4. The fourth-order valence-electron chi connectivity index (χ4n) is 1.69. The molecular weight excluding hydrogens is 357 g/mol. The van der Waals surface area contributed by atoms with Crippen LogP contribution in [0.5, 0.6) is 0 Å². The largest absolute Gasteiger partial charge is 0.431 e. The van der Waals surface area contributed by atoms with Gasteiger partial charge in [0, 0.05) is 0 Å². The van der Waals surface area contributed by atoms with Crippen LogP contribution in [-0.2, 0) is 12.3 Å². The van der Waals surface area contributed by atoms with Gasteiger partial charge in [0.2, 0.25) is 0 Å². The molecule has 0 heterocycles. The van der Waals surface area contributed by atoms with Crippen molar-refractivity contribution in [2.45, 2.75) is 19.6 Å². The van der Waals surface area contributed by atoms with Crippen LogP contribution in [0.2, 0.25) is 19.6 Å². The lowest BCUT2D eigenvalue weighted by Crippen LogP contribution is -2.59. The average molecular weight is 385 g/mol. The molecule has 128 valence electrons. The van der Waals surface area contributed by atoms with Gasteiger partial charge in [-0.05, 0) is 53.8 Å². The van der Waals surface area contributed by atoms with Crippen molar-refractivity contribution >= 4 is 34.0 Å². The molecule has 0 fully saturated rings. The van der Waals surface area contributed by atoms with Crippen LogP contribution >= 0.6 is 0 Å². The second-order valence-corrected chi connectivity index (χ2v) is 19.4. The Morgan fingerprint density at radius 1 is 0.609 bits per heavy atom.